The first-order chi connectivity index (χ1) is 10.1. The van der Waals surface area contributed by atoms with E-state index < -0.39 is 5.97 Å². The average molecular weight is 303 g/mol. The lowest BCUT2D eigenvalue weighted by Crippen LogP contribution is -2.39. The molecule has 0 saturated heterocycles. The van der Waals surface area contributed by atoms with Gasteiger partial charge in [-0.2, -0.15) is 0 Å². The van der Waals surface area contributed by atoms with Crippen molar-refractivity contribution in [1.29, 1.82) is 0 Å². The molecule has 0 aliphatic carbocycles. The molecule has 0 unspecified atom stereocenters. The van der Waals surface area contributed by atoms with E-state index in [2.05, 4.69) is 11.9 Å². The van der Waals surface area contributed by atoms with Crippen molar-refractivity contribution in [3.63, 3.8) is 0 Å². The number of aliphatic carboxylic acids is 1. The fourth-order valence-corrected chi connectivity index (χ4v) is 1.49. The number of hydrogen-bond donors (Lipinski definition) is 2. The lowest BCUT2D eigenvalue weighted by Gasteiger charge is -2.18. The molecule has 4 heteroatoms. The minimum Gasteiger partial charge on any atom is -0.478 e. The van der Waals surface area contributed by atoms with Crippen molar-refractivity contribution in [1.82, 2.24) is 5.32 Å². The van der Waals surface area contributed by atoms with Crippen molar-refractivity contribution in [3.05, 3.63) is 54.1 Å². The molecule has 0 aromatic heterocycles. The second-order valence-electron chi connectivity index (χ2n) is 5.86. The summed E-state index contributed by atoms with van der Waals surface area (Å²) >= 11 is 0. The highest BCUT2D eigenvalue weighted by atomic mass is 16.4. The maximum atomic E-state index is 10.7. The highest BCUT2D eigenvalue weighted by Gasteiger charge is 2.10. The molecule has 0 atom stereocenters. The van der Waals surface area contributed by atoms with Crippen LogP contribution >= 0.6 is 0 Å². The average Bonchev–Trinajstić information content (AvgIpc) is 2.45. The van der Waals surface area contributed by atoms with E-state index in [0.717, 1.165) is 11.1 Å². The molecule has 0 saturated carbocycles. The Hall–Kier alpha value is -2.36. The molecule has 1 aromatic rings. The Labute approximate surface area is 132 Å². The van der Waals surface area contributed by atoms with Crippen molar-refractivity contribution in [2.75, 3.05) is 0 Å². The summed E-state index contributed by atoms with van der Waals surface area (Å²) in [6.45, 7) is 12.5. The molecule has 0 aliphatic heterocycles. The number of benzene rings is 1. The fraction of sp³-hybridized carbons (Fsp3) is 0.333. The first-order valence-corrected chi connectivity index (χ1v) is 6.99. The van der Waals surface area contributed by atoms with Gasteiger partial charge in [-0.25, -0.2) is 4.79 Å². The van der Waals surface area contributed by atoms with Gasteiger partial charge in [0, 0.05) is 11.1 Å². The maximum Gasteiger partial charge on any atom is 0.331 e. The van der Waals surface area contributed by atoms with E-state index in [9.17, 15) is 9.59 Å². The Kier molecular flexibility index (Phi) is 7.88. The molecular formula is C18H25NO3. The van der Waals surface area contributed by atoms with E-state index in [1.165, 1.54) is 6.08 Å². The number of carboxylic acid groups (broad SMARTS) is 1. The fourth-order valence-electron chi connectivity index (χ4n) is 1.49. The summed E-state index contributed by atoms with van der Waals surface area (Å²) in [6, 6.07) is 9.51. The van der Waals surface area contributed by atoms with Crippen LogP contribution in [0.4, 0.5) is 0 Å². The molecule has 0 bridgehead atoms. The second kappa shape index (κ2) is 8.82. The van der Waals surface area contributed by atoms with Gasteiger partial charge in [-0.1, -0.05) is 36.9 Å². The molecular weight excluding hydrogens is 278 g/mol. The van der Waals surface area contributed by atoms with Crippen LogP contribution < -0.4 is 5.32 Å². The molecule has 0 fully saturated rings. The van der Waals surface area contributed by atoms with Crippen LogP contribution in [0.2, 0.25) is 0 Å². The summed E-state index contributed by atoms with van der Waals surface area (Å²) in [5, 5.41) is 11.5. The lowest BCUT2D eigenvalue weighted by molar-refractivity contribution is -0.132. The van der Waals surface area contributed by atoms with Gasteiger partial charge >= 0.3 is 5.97 Å². The Morgan fingerprint density at radius 1 is 1.14 bits per heavy atom. The Morgan fingerprint density at radius 2 is 1.64 bits per heavy atom. The number of hydrogen-bond acceptors (Lipinski definition) is 2. The van der Waals surface area contributed by atoms with Crippen molar-refractivity contribution in [2.45, 2.75) is 40.2 Å². The standard InChI is InChI=1S/C11H12O2.C7H13NO/c1-8(9(2)11(12)13)10-6-4-3-5-7-10;1-5-6(9)8-7(2,3)4/h3-7H,1-2H3,(H,12,13);5H,1H2,2-4H3,(H,8,9). The van der Waals surface area contributed by atoms with Crippen molar-refractivity contribution < 1.29 is 14.7 Å². The molecule has 2 N–H and O–H groups in total. The number of nitrogens with one attached hydrogen (secondary N) is 1. The summed E-state index contributed by atoms with van der Waals surface area (Å²) < 4.78 is 0. The molecule has 120 valence electrons. The Morgan fingerprint density at radius 3 is 1.95 bits per heavy atom. The van der Waals surface area contributed by atoms with Crippen molar-refractivity contribution >= 4 is 17.4 Å². The number of rotatable bonds is 3. The van der Waals surface area contributed by atoms with Crippen LogP contribution in [0.5, 0.6) is 0 Å². The molecule has 0 spiro atoms. The van der Waals surface area contributed by atoms with Crippen molar-refractivity contribution in [3.8, 4) is 0 Å². The zero-order valence-electron chi connectivity index (χ0n) is 13.9. The summed E-state index contributed by atoms with van der Waals surface area (Å²) in [7, 11) is 0. The van der Waals surface area contributed by atoms with Crippen LogP contribution in [0, 0.1) is 0 Å². The molecule has 1 amide bonds. The van der Waals surface area contributed by atoms with Crippen LogP contribution in [0.3, 0.4) is 0 Å². The number of allylic oxidation sites excluding steroid dienone is 1. The molecule has 1 rings (SSSR count). The third kappa shape index (κ3) is 8.04. The zero-order valence-corrected chi connectivity index (χ0v) is 13.9. The first-order valence-electron chi connectivity index (χ1n) is 6.99. The largest absolute Gasteiger partial charge is 0.478 e. The van der Waals surface area contributed by atoms with E-state index in [4.69, 9.17) is 5.11 Å². The number of carbonyl (C=O) groups is 2. The quantitative estimate of drug-likeness (QED) is 0.838. The van der Waals surface area contributed by atoms with E-state index in [-0.39, 0.29) is 11.4 Å². The van der Waals surface area contributed by atoms with E-state index in [1.54, 1.807) is 6.92 Å². The zero-order chi connectivity index (χ0) is 17.3. The summed E-state index contributed by atoms with van der Waals surface area (Å²) in [5.74, 6) is -0.983. The lowest BCUT2D eigenvalue weighted by atomic mass is 10.0. The minimum atomic E-state index is -0.860. The van der Waals surface area contributed by atoms with Gasteiger partial charge in [-0.3, -0.25) is 4.79 Å². The van der Waals surface area contributed by atoms with Gasteiger partial charge in [-0.05, 0) is 51.8 Å². The molecule has 22 heavy (non-hydrogen) atoms. The van der Waals surface area contributed by atoms with Crippen LogP contribution in [0.15, 0.2) is 48.6 Å². The predicted octanol–water partition coefficient (Wildman–Crippen LogP) is 3.65. The number of amides is 1. The number of carbonyl (C=O) groups excluding carboxylic acids is 1. The predicted molar refractivity (Wildman–Crippen MR) is 90.4 cm³/mol. The van der Waals surface area contributed by atoms with Crippen molar-refractivity contribution in [2.24, 2.45) is 0 Å². The summed E-state index contributed by atoms with van der Waals surface area (Å²) in [5.41, 5.74) is 2.02. The first kappa shape index (κ1) is 19.6. The van der Waals surface area contributed by atoms with Gasteiger partial charge in [0.05, 0.1) is 0 Å². The summed E-state index contributed by atoms with van der Waals surface area (Å²) in [6.07, 6.45) is 1.27. The molecule has 0 aliphatic rings. The van der Waals surface area contributed by atoms with E-state index in [1.807, 2.05) is 58.0 Å². The van der Waals surface area contributed by atoms with E-state index >= 15 is 0 Å². The molecule has 0 heterocycles. The maximum absolute atomic E-state index is 10.7. The van der Waals surface area contributed by atoms with Gasteiger partial charge < -0.3 is 10.4 Å². The van der Waals surface area contributed by atoms with Crippen LogP contribution in [-0.2, 0) is 9.59 Å². The minimum absolute atomic E-state index is 0.123. The summed E-state index contributed by atoms with van der Waals surface area (Å²) in [4.78, 5) is 21.3. The highest BCUT2D eigenvalue weighted by molar-refractivity contribution is 5.95. The topological polar surface area (TPSA) is 66.4 Å². The van der Waals surface area contributed by atoms with Crippen LogP contribution in [0.25, 0.3) is 5.57 Å². The van der Waals surface area contributed by atoms with Gasteiger partial charge in [0.15, 0.2) is 0 Å². The molecule has 1 aromatic carbocycles. The van der Waals surface area contributed by atoms with Gasteiger partial charge in [-0.15, -0.1) is 0 Å². The third-order valence-electron chi connectivity index (χ3n) is 2.77. The smallest absolute Gasteiger partial charge is 0.331 e. The third-order valence-corrected chi connectivity index (χ3v) is 2.77. The van der Waals surface area contributed by atoms with E-state index in [0.29, 0.717) is 5.57 Å². The van der Waals surface area contributed by atoms with Gasteiger partial charge in [0.1, 0.15) is 0 Å². The Balaban J connectivity index is 0.000000433. The van der Waals surface area contributed by atoms with Gasteiger partial charge in [0.25, 0.3) is 0 Å². The highest BCUT2D eigenvalue weighted by Crippen LogP contribution is 2.17. The Bertz CT molecular complexity index is 551. The monoisotopic (exact) mass is 303 g/mol. The van der Waals surface area contributed by atoms with Gasteiger partial charge in [0.2, 0.25) is 5.91 Å². The second-order valence-corrected chi connectivity index (χ2v) is 5.86. The SMILES string of the molecule is C=CC(=O)NC(C)(C)C.CC(C(=O)O)=C(C)c1ccccc1. The molecule has 0 radical (unpaired) electrons. The van der Waals surface area contributed by atoms with Crippen LogP contribution in [0.1, 0.15) is 40.2 Å². The molecule has 4 nitrogen and oxygen atoms in total. The normalized spacial score (nSPS) is 11.5. The number of carboxylic acids is 1. The van der Waals surface area contributed by atoms with Crippen LogP contribution in [-0.4, -0.2) is 22.5 Å².